The predicted octanol–water partition coefficient (Wildman–Crippen LogP) is 4.09. The summed E-state index contributed by atoms with van der Waals surface area (Å²) >= 11 is 6.32. The van der Waals surface area contributed by atoms with Gasteiger partial charge in [0.25, 0.3) is 0 Å². The van der Waals surface area contributed by atoms with Gasteiger partial charge in [-0.1, -0.05) is 11.6 Å². The molecule has 1 aliphatic heterocycles. The van der Waals surface area contributed by atoms with Gasteiger partial charge in [-0.3, -0.25) is 4.79 Å². The number of amides is 1. The molecule has 1 unspecified atom stereocenters. The second kappa shape index (κ2) is 7.09. The van der Waals surface area contributed by atoms with Crippen LogP contribution in [0.25, 0.3) is 22.2 Å². The molecule has 2 fully saturated rings. The number of nitrogens with zero attached hydrogens (tertiary/aromatic N) is 3. The maximum atomic E-state index is 12.4. The number of hydrogen-bond donors (Lipinski definition) is 2. The van der Waals surface area contributed by atoms with Crippen molar-refractivity contribution in [2.24, 2.45) is 5.92 Å². The molecular weight excluding hydrogens is 374 g/mol. The monoisotopic (exact) mass is 395 g/mol. The van der Waals surface area contributed by atoms with Crippen molar-refractivity contribution in [2.75, 3.05) is 18.4 Å². The zero-order valence-corrected chi connectivity index (χ0v) is 16.2. The highest BCUT2D eigenvalue weighted by Crippen LogP contribution is 2.33. The summed E-state index contributed by atoms with van der Waals surface area (Å²) in [5.41, 5.74) is 2.88. The number of piperidine rings is 1. The molecule has 144 valence electrons. The third kappa shape index (κ3) is 3.44. The fourth-order valence-corrected chi connectivity index (χ4v) is 4.22. The number of anilines is 1. The van der Waals surface area contributed by atoms with E-state index in [2.05, 4.69) is 20.3 Å². The van der Waals surface area contributed by atoms with E-state index in [1.807, 2.05) is 35.4 Å². The van der Waals surface area contributed by atoms with Crippen molar-refractivity contribution in [1.29, 1.82) is 0 Å². The number of aromatic nitrogens is 3. The topological polar surface area (TPSA) is 73.9 Å². The molecule has 1 aliphatic carbocycles. The Morgan fingerprint density at radius 2 is 2.18 bits per heavy atom. The lowest BCUT2D eigenvalue weighted by atomic mass is 10.0. The molecule has 1 atom stereocenters. The van der Waals surface area contributed by atoms with Crippen LogP contribution in [-0.2, 0) is 4.79 Å². The van der Waals surface area contributed by atoms with Crippen LogP contribution in [0.2, 0.25) is 5.15 Å². The van der Waals surface area contributed by atoms with Gasteiger partial charge in [-0.05, 0) is 55.5 Å². The van der Waals surface area contributed by atoms with Crippen LogP contribution in [0.15, 0.2) is 36.7 Å². The Bertz CT molecular complexity index is 1030. The summed E-state index contributed by atoms with van der Waals surface area (Å²) in [5.74, 6) is 1.33. The Labute approximate surface area is 168 Å². The second-order valence-electron chi connectivity index (χ2n) is 7.71. The van der Waals surface area contributed by atoms with Gasteiger partial charge >= 0.3 is 0 Å². The molecule has 0 bridgehead atoms. The number of fused-ring (bicyclic) bond motifs is 1. The van der Waals surface area contributed by atoms with Crippen LogP contribution in [0.5, 0.6) is 0 Å². The summed E-state index contributed by atoms with van der Waals surface area (Å²) in [6.45, 7) is 1.60. The highest BCUT2D eigenvalue weighted by atomic mass is 35.5. The lowest BCUT2D eigenvalue weighted by molar-refractivity contribution is -0.133. The zero-order chi connectivity index (χ0) is 19.1. The third-order valence-corrected chi connectivity index (χ3v) is 5.76. The number of hydrogen-bond acceptors (Lipinski definition) is 4. The Morgan fingerprint density at radius 1 is 1.29 bits per heavy atom. The number of rotatable bonds is 4. The summed E-state index contributed by atoms with van der Waals surface area (Å²) in [6.07, 6.45) is 7.85. The van der Waals surface area contributed by atoms with E-state index >= 15 is 0 Å². The Morgan fingerprint density at radius 3 is 3.04 bits per heavy atom. The number of H-pyrrole nitrogens is 1. The summed E-state index contributed by atoms with van der Waals surface area (Å²) in [7, 11) is 0. The number of carbonyl (C=O) groups excluding carboxylic acids is 1. The molecule has 3 aromatic heterocycles. The number of nitrogens with one attached hydrogen (secondary N) is 2. The highest BCUT2D eigenvalue weighted by molar-refractivity contribution is 6.29. The van der Waals surface area contributed by atoms with Crippen LogP contribution in [0.3, 0.4) is 0 Å². The smallest absolute Gasteiger partial charge is 0.225 e. The number of likely N-dealkylation sites (tertiary alicyclic amines) is 1. The minimum atomic E-state index is 0.194. The minimum absolute atomic E-state index is 0.194. The normalized spacial score (nSPS) is 19.8. The lowest BCUT2D eigenvalue weighted by Crippen LogP contribution is -2.45. The van der Waals surface area contributed by atoms with Crippen LogP contribution >= 0.6 is 11.6 Å². The summed E-state index contributed by atoms with van der Waals surface area (Å²) in [4.78, 5) is 26.4. The molecule has 1 saturated heterocycles. The molecule has 2 aliphatic rings. The average molecular weight is 396 g/mol. The van der Waals surface area contributed by atoms with Gasteiger partial charge in [0, 0.05) is 48.4 Å². The van der Waals surface area contributed by atoms with E-state index in [9.17, 15) is 4.79 Å². The first-order valence-electron chi connectivity index (χ1n) is 9.83. The summed E-state index contributed by atoms with van der Waals surface area (Å²) < 4.78 is 0. The van der Waals surface area contributed by atoms with E-state index in [0.717, 1.165) is 66.8 Å². The van der Waals surface area contributed by atoms with E-state index < -0.39 is 0 Å². The van der Waals surface area contributed by atoms with Crippen LogP contribution in [0, 0.1) is 5.92 Å². The zero-order valence-electron chi connectivity index (χ0n) is 15.5. The Hall–Kier alpha value is -2.60. The molecule has 5 rings (SSSR count). The molecule has 4 heterocycles. The molecule has 28 heavy (non-hydrogen) atoms. The quantitative estimate of drug-likeness (QED) is 0.652. The first-order chi connectivity index (χ1) is 13.7. The number of halogens is 1. The second-order valence-corrected chi connectivity index (χ2v) is 8.09. The number of carbonyl (C=O) groups is 1. The fraction of sp³-hybridized carbons (Fsp3) is 0.381. The molecule has 3 aromatic rings. The number of pyridine rings is 2. The molecule has 0 aromatic carbocycles. The van der Waals surface area contributed by atoms with Crippen molar-refractivity contribution < 1.29 is 4.79 Å². The van der Waals surface area contributed by atoms with Crippen molar-refractivity contribution in [1.82, 2.24) is 19.9 Å². The van der Waals surface area contributed by atoms with E-state index in [-0.39, 0.29) is 12.0 Å². The number of aromatic amines is 1. The van der Waals surface area contributed by atoms with Crippen LogP contribution in [-0.4, -0.2) is 44.9 Å². The third-order valence-electron chi connectivity index (χ3n) is 5.57. The van der Waals surface area contributed by atoms with Gasteiger partial charge in [-0.25, -0.2) is 9.97 Å². The van der Waals surface area contributed by atoms with Crippen LogP contribution < -0.4 is 5.32 Å². The Balaban J connectivity index is 1.38. The first kappa shape index (κ1) is 17.5. The van der Waals surface area contributed by atoms with Crippen molar-refractivity contribution in [2.45, 2.75) is 31.7 Å². The predicted molar refractivity (Wildman–Crippen MR) is 110 cm³/mol. The highest BCUT2D eigenvalue weighted by Gasteiger charge is 2.35. The van der Waals surface area contributed by atoms with Gasteiger partial charge in [0.2, 0.25) is 5.91 Å². The first-order valence-corrected chi connectivity index (χ1v) is 10.2. The average Bonchev–Trinajstić information content (AvgIpc) is 3.46. The fourth-order valence-electron chi connectivity index (χ4n) is 4.01. The largest absolute Gasteiger partial charge is 0.365 e. The molecule has 1 amide bonds. The molecule has 7 heteroatoms. The molecule has 0 spiro atoms. The van der Waals surface area contributed by atoms with E-state index in [1.54, 1.807) is 6.20 Å². The van der Waals surface area contributed by atoms with Crippen molar-refractivity contribution in [3.8, 4) is 11.1 Å². The van der Waals surface area contributed by atoms with Crippen LogP contribution in [0.4, 0.5) is 5.82 Å². The lowest BCUT2D eigenvalue weighted by Gasteiger charge is -2.33. The van der Waals surface area contributed by atoms with Crippen LogP contribution in [0.1, 0.15) is 25.7 Å². The standard InChI is InChI=1S/C21H22ClN5O/c22-18-9-14(17-11-24-20-16(17)4-1-7-23-20)10-19(26-18)25-15-3-2-8-27(12-15)21(28)13-5-6-13/h1,4,7,9-11,13,15H,2-3,5-6,8,12H2,(H,23,24)(H,25,26). The molecule has 2 N–H and O–H groups in total. The molecule has 6 nitrogen and oxygen atoms in total. The van der Waals surface area contributed by atoms with Crippen molar-refractivity contribution >= 4 is 34.4 Å². The van der Waals surface area contributed by atoms with E-state index in [4.69, 9.17) is 11.6 Å². The molecule has 1 saturated carbocycles. The van der Waals surface area contributed by atoms with Gasteiger partial charge in [0.15, 0.2) is 0 Å². The van der Waals surface area contributed by atoms with Crippen molar-refractivity contribution in [3.05, 3.63) is 41.8 Å². The van der Waals surface area contributed by atoms with E-state index in [0.29, 0.717) is 11.1 Å². The maximum Gasteiger partial charge on any atom is 0.225 e. The summed E-state index contributed by atoms with van der Waals surface area (Å²) in [6, 6.07) is 8.04. The Kier molecular flexibility index (Phi) is 4.43. The molecule has 0 radical (unpaired) electrons. The maximum absolute atomic E-state index is 12.4. The van der Waals surface area contributed by atoms with Gasteiger partial charge in [0.05, 0.1) is 0 Å². The summed E-state index contributed by atoms with van der Waals surface area (Å²) in [5, 5.41) is 5.00. The van der Waals surface area contributed by atoms with Gasteiger partial charge in [-0.15, -0.1) is 0 Å². The van der Waals surface area contributed by atoms with Gasteiger partial charge in [0.1, 0.15) is 16.6 Å². The molecular formula is C21H22ClN5O. The van der Waals surface area contributed by atoms with E-state index in [1.165, 1.54) is 0 Å². The van der Waals surface area contributed by atoms with Gasteiger partial charge < -0.3 is 15.2 Å². The minimum Gasteiger partial charge on any atom is -0.365 e. The van der Waals surface area contributed by atoms with Crippen molar-refractivity contribution in [3.63, 3.8) is 0 Å². The SMILES string of the molecule is O=C(C1CC1)N1CCCC(Nc2cc(-c3c[nH]c4ncccc34)cc(Cl)n2)C1. The van der Waals surface area contributed by atoms with Gasteiger partial charge in [-0.2, -0.15) is 0 Å².